The summed E-state index contributed by atoms with van der Waals surface area (Å²) >= 11 is 0. The van der Waals surface area contributed by atoms with Crippen molar-refractivity contribution >= 4 is 17.1 Å². The average Bonchev–Trinajstić information content (AvgIpc) is 2.38. The minimum absolute atomic E-state index is 0.0719. The number of non-ortho nitro benzene ring substituents is 1. The predicted octanol–water partition coefficient (Wildman–Crippen LogP) is 2.80. The number of nitrogens with two attached hydrogens (primary N) is 1. The fourth-order valence-electron chi connectivity index (χ4n) is 2.51. The molecule has 2 rings (SSSR count). The summed E-state index contributed by atoms with van der Waals surface area (Å²) in [6.45, 7) is 4.13. The molecule has 0 saturated carbocycles. The molecule has 0 radical (unpaired) electrons. The van der Waals surface area contributed by atoms with Gasteiger partial charge >= 0.3 is 0 Å². The van der Waals surface area contributed by atoms with Gasteiger partial charge in [0.05, 0.1) is 4.92 Å². The standard InChI is InChI=1S/C13H19N3O2/c1-2-10-3-5-15(6-4-10)12-7-11(14)8-13(9-12)16(17)18/h7-10H,2-6,14H2,1H3. The van der Waals surface area contributed by atoms with Gasteiger partial charge in [0.25, 0.3) is 5.69 Å². The number of nitrogen functional groups attached to an aromatic ring is 1. The van der Waals surface area contributed by atoms with Crippen molar-refractivity contribution in [2.24, 2.45) is 5.92 Å². The maximum Gasteiger partial charge on any atom is 0.273 e. The van der Waals surface area contributed by atoms with Gasteiger partial charge in [0.2, 0.25) is 0 Å². The summed E-state index contributed by atoms with van der Waals surface area (Å²) < 4.78 is 0. The number of anilines is 2. The summed E-state index contributed by atoms with van der Waals surface area (Å²) in [6, 6.07) is 4.84. The first kappa shape index (κ1) is 12.7. The molecule has 98 valence electrons. The number of hydrogen-bond donors (Lipinski definition) is 1. The van der Waals surface area contributed by atoms with E-state index in [1.165, 1.54) is 12.5 Å². The molecule has 0 atom stereocenters. The largest absolute Gasteiger partial charge is 0.398 e. The zero-order chi connectivity index (χ0) is 13.1. The third kappa shape index (κ3) is 2.72. The van der Waals surface area contributed by atoms with Crippen molar-refractivity contribution in [1.82, 2.24) is 0 Å². The molecule has 0 spiro atoms. The molecule has 2 N–H and O–H groups in total. The van der Waals surface area contributed by atoms with Crippen LogP contribution >= 0.6 is 0 Å². The molecule has 0 bridgehead atoms. The lowest BCUT2D eigenvalue weighted by molar-refractivity contribution is -0.384. The zero-order valence-corrected chi connectivity index (χ0v) is 10.6. The Labute approximate surface area is 107 Å². The van der Waals surface area contributed by atoms with E-state index >= 15 is 0 Å². The van der Waals surface area contributed by atoms with Crippen LogP contribution in [-0.2, 0) is 0 Å². The Morgan fingerprint density at radius 1 is 1.39 bits per heavy atom. The fraction of sp³-hybridized carbons (Fsp3) is 0.538. The molecule has 1 aliphatic heterocycles. The summed E-state index contributed by atoms with van der Waals surface area (Å²) in [7, 11) is 0. The van der Waals surface area contributed by atoms with Gasteiger partial charge in [0, 0.05) is 36.6 Å². The lowest BCUT2D eigenvalue weighted by Gasteiger charge is -2.33. The minimum atomic E-state index is -0.390. The van der Waals surface area contributed by atoms with Crippen LogP contribution in [0.2, 0.25) is 0 Å². The minimum Gasteiger partial charge on any atom is -0.398 e. The third-order valence-corrected chi connectivity index (χ3v) is 3.69. The molecule has 1 saturated heterocycles. The van der Waals surface area contributed by atoms with E-state index in [0.29, 0.717) is 5.69 Å². The van der Waals surface area contributed by atoms with E-state index in [-0.39, 0.29) is 5.69 Å². The monoisotopic (exact) mass is 249 g/mol. The smallest absolute Gasteiger partial charge is 0.273 e. The van der Waals surface area contributed by atoms with E-state index in [0.717, 1.165) is 37.5 Å². The van der Waals surface area contributed by atoms with E-state index in [1.807, 2.05) is 6.07 Å². The van der Waals surface area contributed by atoms with Gasteiger partial charge in [-0.3, -0.25) is 10.1 Å². The summed E-state index contributed by atoms with van der Waals surface area (Å²) in [6.07, 6.45) is 3.52. The molecule has 0 aromatic heterocycles. The lowest BCUT2D eigenvalue weighted by atomic mass is 9.94. The van der Waals surface area contributed by atoms with Gasteiger partial charge in [0.1, 0.15) is 0 Å². The third-order valence-electron chi connectivity index (χ3n) is 3.69. The van der Waals surface area contributed by atoms with Crippen LogP contribution in [0.5, 0.6) is 0 Å². The van der Waals surface area contributed by atoms with E-state index in [1.54, 1.807) is 6.07 Å². The fourth-order valence-corrected chi connectivity index (χ4v) is 2.51. The Bertz CT molecular complexity index is 440. The summed E-state index contributed by atoms with van der Waals surface area (Å²) in [5, 5.41) is 10.8. The van der Waals surface area contributed by atoms with Crippen LogP contribution in [0.15, 0.2) is 18.2 Å². The van der Waals surface area contributed by atoms with Gasteiger partial charge in [-0.15, -0.1) is 0 Å². The van der Waals surface area contributed by atoms with Crippen LogP contribution in [0.3, 0.4) is 0 Å². The SMILES string of the molecule is CCC1CCN(c2cc(N)cc([N+](=O)[O-])c2)CC1. The highest BCUT2D eigenvalue weighted by Gasteiger charge is 2.20. The van der Waals surface area contributed by atoms with Crippen molar-refractivity contribution in [1.29, 1.82) is 0 Å². The van der Waals surface area contributed by atoms with Crippen LogP contribution in [0.1, 0.15) is 26.2 Å². The van der Waals surface area contributed by atoms with E-state index in [4.69, 9.17) is 5.73 Å². The maximum absolute atomic E-state index is 10.8. The number of nitro benzene ring substituents is 1. The lowest BCUT2D eigenvalue weighted by Crippen LogP contribution is -2.33. The van der Waals surface area contributed by atoms with E-state index in [9.17, 15) is 10.1 Å². The van der Waals surface area contributed by atoms with Crippen molar-refractivity contribution in [3.05, 3.63) is 28.3 Å². The van der Waals surface area contributed by atoms with Crippen LogP contribution in [0, 0.1) is 16.0 Å². The number of piperidine rings is 1. The Balaban J connectivity index is 2.16. The molecular weight excluding hydrogens is 230 g/mol. The normalized spacial score (nSPS) is 16.8. The summed E-state index contributed by atoms with van der Waals surface area (Å²) in [5.41, 5.74) is 7.13. The first-order valence-corrected chi connectivity index (χ1v) is 6.40. The number of nitro groups is 1. The predicted molar refractivity (Wildman–Crippen MR) is 72.7 cm³/mol. The van der Waals surface area contributed by atoms with Gasteiger partial charge in [-0.05, 0) is 24.8 Å². The zero-order valence-electron chi connectivity index (χ0n) is 10.6. The number of hydrogen-bond acceptors (Lipinski definition) is 4. The molecule has 0 unspecified atom stereocenters. The highest BCUT2D eigenvalue weighted by atomic mass is 16.6. The Kier molecular flexibility index (Phi) is 3.69. The molecule has 0 amide bonds. The van der Waals surface area contributed by atoms with Crippen molar-refractivity contribution in [3.8, 4) is 0 Å². The number of benzene rings is 1. The average molecular weight is 249 g/mol. The molecule has 0 aliphatic carbocycles. The maximum atomic E-state index is 10.8. The highest BCUT2D eigenvalue weighted by Crippen LogP contribution is 2.29. The van der Waals surface area contributed by atoms with Crippen LogP contribution in [0.25, 0.3) is 0 Å². The first-order valence-electron chi connectivity index (χ1n) is 6.40. The van der Waals surface area contributed by atoms with Gasteiger partial charge in [-0.25, -0.2) is 0 Å². The van der Waals surface area contributed by atoms with E-state index < -0.39 is 4.92 Å². The summed E-state index contributed by atoms with van der Waals surface area (Å²) in [4.78, 5) is 12.6. The van der Waals surface area contributed by atoms with Crippen LogP contribution in [-0.4, -0.2) is 18.0 Å². The molecular formula is C13H19N3O2. The Morgan fingerprint density at radius 2 is 2.06 bits per heavy atom. The molecule has 1 heterocycles. The Morgan fingerprint density at radius 3 is 2.61 bits per heavy atom. The van der Waals surface area contributed by atoms with Gasteiger partial charge in [-0.2, -0.15) is 0 Å². The summed E-state index contributed by atoms with van der Waals surface area (Å²) in [5.74, 6) is 0.789. The van der Waals surface area contributed by atoms with Crippen molar-refractivity contribution in [2.75, 3.05) is 23.7 Å². The molecule has 18 heavy (non-hydrogen) atoms. The number of nitrogens with zero attached hydrogens (tertiary/aromatic N) is 2. The second kappa shape index (κ2) is 5.25. The van der Waals surface area contributed by atoms with Crippen molar-refractivity contribution in [2.45, 2.75) is 26.2 Å². The van der Waals surface area contributed by atoms with E-state index in [2.05, 4.69) is 11.8 Å². The molecule has 1 fully saturated rings. The molecule has 1 aromatic carbocycles. The number of rotatable bonds is 3. The quantitative estimate of drug-likeness (QED) is 0.508. The first-order chi connectivity index (χ1) is 8.60. The van der Waals surface area contributed by atoms with Gasteiger partial charge < -0.3 is 10.6 Å². The Hall–Kier alpha value is -1.78. The highest BCUT2D eigenvalue weighted by molar-refractivity contribution is 5.62. The molecule has 1 aliphatic rings. The van der Waals surface area contributed by atoms with Gasteiger partial charge in [0.15, 0.2) is 0 Å². The van der Waals surface area contributed by atoms with Crippen LogP contribution < -0.4 is 10.6 Å². The van der Waals surface area contributed by atoms with Crippen molar-refractivity contribution in [3.63, 3.8) is 0 Å². The second-order valence-electron chi connectivity index (χ2n) is 4.88. The van der Waals surface area contributed by atoms with Crippen molar-refractivity contribution < 1.29 is 4.92 Å². The molecule has 5 heteroatoms. The topological polar surface area (TPSA) is 72.4 Å². The molecule has 1 aromatic rings. The van der Waals surface area contributed by atoms with Crippen LogP contribution in [0.4, 0.5) is 17.1 Å². The second-order valence-corrected chi connectivity index (χ2v) is 4.88. The molecule has 5 nitrogen and oxygen atoms in total. The van der Waals surface area contributed by atoms with Gasteiger partial charge in [-0.1, -0.05) is 13.3 Å².